The standard InChI is InChI=1S/C23H33N9.HI/c1-5-24-23(26-10-9-25-21-19-15-29-30(4)22(19)28-16-27-21)32-13-11-31(12-14-32)20-8-6-7-17(2)18(20)3;/h6-8,15-16H,5,9-14H2,1-4H3,(H,24,26)(H,25,27,28);1H. The molecule has 1 aliphatic rings. The molecule has 1 aromatic carbocycles. The lowest BCUT2D eigenvalue weighted by Crippen LogP contribution is -2.52. The van der Waals surface area contributed by atoms with Crippen molar-refractivity contribution in [3.8, 4) is 0 Å². The first-order valence-corrected chi connectivity index (χ1v) is 11.3. The van der Waals surface area contributed by atoms with Gasteiger partial charge in [0.05, 0.1) is 18.1 Å². The van der Waals surface area contributed by atoms with Gasteiger partial charge >= 0.3 is 0 Å². The van der Waals surface area contributed by atoms with Gasteiger partial charge in [-0.15, -0.1) is 24.0 Å². The highest BCUT2D eigenvalue weighted by atomic mass is 127. The Kier molecular flexibility index (Phi) is 8.70. The average molecular weight is 563 g/mol. The number of nitrogens with zero attached hydrogens (tertiary/aromatic N) is 7. The first-order chi connectivity index (χ1) is 15.6. The van der Waals surface area contributed by atoms with Crippen molar-refractivity contribution in [2.75, 3.05) is 56.0 Å². The molecule has 3 heterocycles. The van der Waals surface area contributed by atoms with E-state index in [0.717, 1.165) is 55.5 Å². The Bertz CT molecular complexity index is 1090. The van der Waals surface area contributed by atoms with Gasteiger partial charge in [0.25, 0.3) is 0 Å². The number of hydrogen-bond acceptors (Lipinski definition) is 6. The second-order valence-electron chi connectivity index (χ2n) is 8.08. The van der Waals surface area contributed by atoms with Crippen molar-refractivity contribution < 1.29 is 0 Å². The third kappa shape index (κ3) is 5.66. The molecule has 1 saturated heterocycles. The van der Waals surface area contributed by atoms with Crippen molar-refractivity contribution >= 4 is 52.5 Å². The molecule has 178 valence electrons. The number of hydrogen-bond donors (Lipinski definition) is 2. The summed E-state index contributed by atoms with van der Waals surface area (Å²) in [6.45, 7) is 12.6. The van der Waals surface area contributed by atoms with Gasteiger partial charge in [-0.05, 0) is 38.0 Å². The summed E-state index contributed by atoms with van der Waals surface area (Å²) in [5.74, 6) is 1.77. The molecule has 0 bridgehead atoms. The fourth-order valence-corrected chi connectivity index (χ4v) is 4.10. The predicted octanol–water partition coefficient (Wildman–Crippen LogP) is 2.80. The monoisotopic (exact) mass is 563 g/mol. The maximum atomic E-state index is 4.85. The van der Waals surface area contributed by atoms with Crippen molar-refractivity contribution in [1.82, 2.24) is 30.0 Å². The van der Waals surface area contributed by atoms with Gasteiger partial charge in [-0.25, -0.2) is 9.97 Å². The van der Waals surface area contributed by atoms with Crippen LogP contribution in [0.4, 0.5) is 11.5 Å². The smallest absolute Gasteiger partial charge is 0.194 e. The van der Waals surface area contributed by atoms with Crippen LogP contribution in [0.3, 0.4) is 0 Å². The molecule has 3 aromatic rings. The summed E-state index contributed by atoms with van der Waals surface area (Å²) in [6.07, 6.45) is 3.36. The van der Waals surface area contributed by atoms with E-state index in [1.165, 1.54) is 16.8 Å². The van der Waals surface area contributed by atoms with Crippen molar-refractivity contribution in [3.05, 3.63) is 41.9 Å². The summed E-state index contributed by atoms with van der Waals surface area (Å²) >= 11 is 0. The Morgan fingerprint density at radius 3 is 2.67 bits per heavy atom. The zero-order chi connectivity index (χ0) is 22.5. The van der Waals surface area contributed by atoms with Gasteiger partial charge in [-0.2, -0.15) is 5.10 Å². The molecule has 4 rings (SSSR count). The van der Waals surface area contributed by atoms with Gasteiger partial charge in [0.2, 0.25) is 0 Å². The van der Waals surface area contributed by atoms with E-state index in [2.05, 4.69) is 74.5 Å². The van der Waals surface area contributed by atoms with Crippen LogP contribution in [0.15, 0.2) is 35.7 Å². The van der Waals surface area contributed by atoms with Crippen molar-refractivity contribution in [2.24, 2.45) is 12.0 Å². The van der Waals surface area contributed by atoms with E-state index in [1.807, 2.05) is 7.05 Å². The van der Waals surface area contributed by atoms with Crippen LogP contribution in [0, 0.1) is 13.8 Å². The van der Waals surface area contributed by atoms with Crippen LogP contribution >= 0.6 is 24.0 Å². The number of guanidine groups is 1. The number of fused-ring (bicyclic) bond motifs is 1. The number of rotatable bonds is 6. The highest BCUT2D eigenvalue weighted by Gasteiger charge is 2.21. The SMILES string of the molecule is CCNC(=NCCNc1ncnc2c1cnn2C)N1CCN(c2cccc(C)c2C)CC1.I. The van der Waals surface area contributed by atoms with Crippen LogP contribution < -0.4 is 15.5 Å². The molecule has 0 amide bonds. The number of nitrogens with one attached hydrogen (secondary N) is 2. The van der Waals surface area contributed by atoms with Crippen LogP contribution in [0.1, 0.15) is 18.1 Å². The Morgan fingerprint density at radius 1 is 1.12 bits per heavy atom. The second-order valence-corrected chi connectivity index (χ2v) is 8.08. The number of halogens is 1. The van der Waals surface area contributed by atoms with Gasteiger partial charge in [-0.3, -0.25) is 9.67 Å². The van der Waals surface area contributed by atoms with Crippen LogP contribution in [0.25, 0.3) is 11.0 Å². The molecule has 1 fully saturated rings. The Morgan fingerprint density at radius 2 is 1.91 bits per heavy atom. The molecule has 0 aliphatic carbocycles. The summed E-state index contributed by atoms with van der Waals surface area (Å²) < 4.78 is 1.75. The molecular formula is C23H34IN9. The molecule has 0 unspecified atom stereocenters. The topological polar surface area (TPSA) is 86.5 Å². The lowest BCUT2D eigenvalue weighted by Gasteiger charge is -2.38. The number of benzene rings is 1. The second kappa shape index (κ2) is 11.5. The van der Waals surface area contributed by atoms with Gasteiger partial charge in [0.15, 0.2) is 11.6 Å². The van der Waals surface area contributed by atoms with Crippen molar-refractivity contribution in [2.45, 2.75) is 20.8 Å². The van der Waals surface area contributed by atoms with Crippen LogP contribution in [0.5, 0.6) is 0 Å². The number of aryl methyl sites for hydroxylation is 2. The van der Waals surface area contributed by atoms with Gasteiger partial charge < -0.3 is 20.4 Å². The van der Waals surface area contributed by atoms with Gasteiger partial charge in [0, 0.05) is 52.0 Å². The normalized spacial score (nSPS) is 14.4. The van der Waals surface area contributed by atoms with E-state index in [4.69, 9.17) is 4.99 Å². The third-order valence-corrected chi connectivity index (χ3v) is 6.03. The molecule has 0 spiro atoms. The molecule has 0 saturated carbocycles. The van der Waals surface area contributed by atoms with E-state index in [0.29, 0.717) is 13.1 Å². The first kappa shape index (κ1) is 25.0. The lowest BCUT2D eigenvalue weighted by molar-refractivity contribution is 0.372. The van der Waals surface area contributed by atoms with E-state index < -0.39 is 0 Å². The maximum Gasteiger partial charge on any atom is 0.194 e. The predicted molar refractivity (Wildman–Crippen MR) is 146 cm³/mol. The molecule has 9 nitrogen and oxygen atoms in total. The van der Waals surface area contributed by atoms with E-state index in [-0.39, 0.29) is 24.0 Å². The van der Waals surface area contributed by atoms with Crippen LogP contribution in [-0.4, -0.2) is 76.4 Å². The lowest BCUT2D eigenvalue weighted by atomic mass is 10.1. The molecule has 33 heavy (non-hydrogen) atoms. The molecule has 1 aliphatic heterocycles. The Hall–Kier alpha value is -2.63. The van der Waals surface area contributed by atoms with Crippen molar-refractivity contribution in [3.63, 3.8) is 0 Å². The zero-order valence-corrected chi connectivity index (χ0v) is 22.2. The van der Waals surface area contributed by atoms with E-state index >= 15 is 0 Å². The first-order valence-electron chi connectivity index (χ1n) is 11.3. The molecule has 2 aromatic heterocycles. The van der Waals surface area contributed by atoms with Crippen molar-refractivity contribution in [1.29, 1.82) is 0 Å². The Labute approximate surface area is 212 Å². The number of anilines is 2. The molecule has 2 N–H and O–H groups in total. The average Bonchev–Trinajstić information content (AvgIpc) is 3.19. The van der Waals surface area contributed by atoms with E-state index in [9.17, 15) is 0 Å². The number of piperazine rings is 1. The summed E-state index contributed by atoms with van der Waals surface area (Å²) in [6, 6.07) is 6.56. The maximum absolute atomic E-state index is 4.85. The summed E-state index contributed by atoms with van der Waals surface area (Å²) in [7, 11) is 1.88. The minimum absolute atomic E-state index is 0. The molecular weight excluding hydrogens is 529 g/mol. The number of aromatic nitrogens is 4. The molecule has 10 heteroatoms. The fraction of sp³-hybridized carbons (Fsp3) is 0.478. The molecule has 0 atom stereocenters. The highest BCUT2D eigenvalue weighted by Crippen LogP contribution is 2.24. The summed E-state index contributed by atoms with van der Waals surface area (Å²) in [5.41, 5.74) is 4.89. The largest absolute Gasteiger partial charge is 0.368 e. The highest BCUT2D eigenvalue weighted by molar-refractivity contribution is 14.0. The minimum Gasteiger partial charge on any atom is -0.368 e. The molecule has 0 radical (unpaired) electrons. The van der Waals surface area contributed by atoms with Crippen LogP contribution in [0.2, 0.25) is 0 Å². The zero-order valence-electron chi connectivity index (χ0n) is 19.9. The van der Waals surface area contributed by atoms with E-state index in [1.54, 1.807) is 17.2 Å². The van der Waals surface area contributed by atoms with Crippen LogP contribution in [-0.2, 0) is 7.05 Å². The number of aliphatic imine (C=N–C) groups is 1. The van der Waals surface area contributed by atoms with Gasteiger partial charge in [-0.1, -0.05) is 12.1 Å². The quantitative estimate of drug-likeness (QED) is 0.207. The Balaban J connectivity index is 0.00000306. The summed E-state index contributed by atoms with van der Waals surface area (Å²) in [4.78, 5) is 18.3. The summed E-state index contributed by atoms with van der Waals surface area (Å²) in [5, 5.41) is 12.0. The minimum atomic E-state index is 0. The van der Waals surface area contributed by atoms with Gasteiger partial charge in [0.1, 0.15) is 12.1 Å². The fourth-order valence-electron chi connectivity index (χ4n) is 4.10. The third-order valence-electron chi connectivity index (χ3n) is 6.03.